The van der Waals surface area contributed by atoms with Crippen LogP contribution in [0.5, 0.6) is 0 Å². The van der Waals surface area contributed by atoms with Crippen LogP contribution in [0.15, 0.2) is 218 Å². The summed E-state index contributed by atoms with van der Waals surface area (Å²) in [4.78, 5) is 83.4. The molecular weight excluding hydrogens is 1530 g/mol. The van der Waals surface area contributed by atoms with Crippen molar-refractivity contribution >= 4 is 75.7 Å². The van der Waals surface area contributed by atoms with Crippen molar-refractivity contribution < 1.29 is 37.5 Å². The van der Waals surface area contributed by atoms with Gasteiger partial charge in [0.25, 0.3) is 0 Å². The minimum atomic E-state index is -0.636. The van der Waals surface area contributed by atoms with Crippen LogP contribution in [0.4, 0.5) is 25.8 Å². The maximum Gasteiger partial charge on any atom is 0.232 e. The standard InChI is InChI=1S/C34H43N3O2.C32H37Cl2N3O2.C32H37F2N3O2.2CH4/c1-24(2)33(38)36-31-8-5-7-30(23-31)27-17-21-37(22-18-27)20-6-19-35-34(39)32(28-13-9-25(3)10-14-28)29-15-11-26(4)12-16-29;2*1-22(2)31(38)36-29-6-3-5-26(21-29)23-15-19-37(20-16-23)18-4-17-35-32(39)30(24-7-11-27(33)12-8-24)25-9-13-28(34)14-10-25;;/h5,7-16,23-24,27,32H,6,17-22H2,1-4H3,(H,35,39)(H,36,38);2*3,5-14,21-23,30H,4,15-20H2,1-2H3,(H,35,39)(H,36,38);2*1H4. The van der Waals surface area contributed by atoms with E-state index in [1.165, 1.54) is 52.1 Å². The van der Waals surface area contributed by atoms with Crippen LogP contribution in [-0.4, -0.2) is 129 Å². The Morgan fingerprint density at radius 3 is 0.798 bits per heavy atom. The van der Waals surface area contributed by atoms with Crippen molar-refractivity contribution in [3.8, 4) is 0 Å². The molecule has 19 heteroatoms. The number of anilines is 3. The highest BCUT2D eigenvalue weighted by atomic mass is 35.5. The van der Waals surface area contributed by atoms with E-state index in [-0.39, 0.29) is 85.6 Å². The molecule has 0 aromatic heterocycles. The number of likely N-dealkylation sites (tertiary alicyclic amines) is 3. The molecule has 3 aliphatic rings. The molecule has 0 aliphatic carbocycles. The fraction of sp³-hybridized carbons (Fsp3) is 0.400. The molecule has 12 rings (SSSR count). The number of nitrogens with zero attached hydrogens (tertiary/aromatic N) is 3. The average Bonchev–Trinajstić information content (AvgIpc) is 0.800. The highest BCUT2D eigenvalue weighted by Gasteiger charge is 2.29. The van der Waals surface area contributed by atoms with Gasteiger partial charge < -0.3 is 46.6 Å². The first-order valence-corrected chi connectivity index (χ1v) is 42.5. The molecule has 3 fully saturated rings. The van der Waals surface area contributed by atoms with Crippen LogP contribution in [0.2, 0.25) is 10.0 Å². The number of benzene rings is 9. The van der Waals surface area contributed by atoms with Crippen LogP contribution in [0.25, 0.3) is 0 Å². The summed E-state index contributed by atoms with van der Waals surface area (Å²) >= 11 is 12.2. The number of piperidine rings is 3. The predicted octanol–water partition coefficient (Wildman–Crippen LogP) is 20.9. The van der Waals surface area contributed by atoms with Crippen LogP contribution in [0.3, 0.4) is 0 Å². The largest absolute Gasteiger partial charge is 0.355 e. The summed E-state index contributed by atoms with van der Waals surface area (Å²) in [6.45, 7) is 26.3. The highest BCUT2D eigenvalue weighted by molar-refractivity contribution is 6.31. The van der Waals surface area contributed by atoms with Crippen molar-refractivity contribution in [2.24, 2.45) is 17.8 Å². The zero-order chi connectivity index (χ0) is 83.3. The molecule has 9 aromatic rings. The Balaban J connectivity index is 0.000000220. The molecule has 3 aliphatic heterocycles. The SMILES string of the molecule is C.C.CC(C)C(=O)Nc1cccc(C2CCN(CCCNC(=O)C(c3ccc(Cl)cc3)c3ccc(Cl)cc3)CC2)c1.CC(C)C(=O)Nc1cccc(C2CCN(CCCNC(=O)C(c3ccc(F)cc3)c3ccc(F)cc3)CC2)c1.Cc1ccc(C(C(=O)NCCCN2CCC(c3cccc(NC(=O)C(C)C)c3)CC2)c2ccc(C)cc2)cc1. The van der Waals surface area contributed by atoms with Gasteiger partial charge >= 0.3 is 0 Å². The van der Waals surface area contributed by atoms with E-state index in [0.29, 0.717) is 58.6 Å². The highest BCUT2D eigenvalue weighted by Crippen LogP contribution is 2.35. The molecule has 634 valence electrons. The normalized spacial score (nSPS) is 14.3. The molecule has 119 heavy (non-hydrogen) atoms. The van der Waals surface area contributed by atoms with Crippen LogP contribution < -0.4 is 31.9 Å². The van der Waals surface area contributed by atoms with Crippen molar-refractivity contribution in [3.05, 3.63) is 301 Å². The number of carbonyl (C=O) groups is 6. The van der Waals surface area contributed by atoms with Crippen LogP contribution >= 0.6 is 23.2 Å². The maximum atomic E-state index is 13.5. The third-order valence-electron chi connectivity index (χ3n) is 22.5. The van der Waals surface area contributed by atoms with Gasteiger partial charge in [0.15, 0.2) is 0 Å². The number of carbonyl (C=O) groups excluding carboxylic acids is 6. The van der Waals surface area contributed by atoms with Gasteiger partial charge in [-0.15, -0.1) is 0 Å². The molecule has 3 saturated heterocycles. The van der Waals surface area contributed by atoms with Gasteiger partial charge in [0.2, 0.25) is 35.4 Å². The summed E-state index contributed by atoms with van der Waals surface area (Å²) in [6.07, 6.45) is 9.12. The first kappa shape index (κ1) is 94.6. The lowest BCUT2D eigenvalue weighted by molar-refractivity contribution is -0.122. The number of amides is 6. The number of hydrogen-bond donors (Lipinski definition) is 6. The molecule has 0 bridgehead atoms. The fourth-order valence-electron chi connectivity index (χ4n) is 15.4. The Hall–Kier alpha value is -9.88. The van der Waals surface area contributed by atoms with Gasteiger partial charge in [0.1, 0.15) is 11.6 Å². The zero-order valence-electron chi connectivity index (χ0n) is 69.1. The van der Waals surface area contributed by atoms with Crippen molar-refractivity contribution in [2.45, 2.75) is 164 Å². The zero-order valence-corrected chi connectivity index (χ0v) is 70.6. The van der Waals surface area contributed by atoms with Crippen LogP contribution in [0.1, 0.15) is 211 Å². The van der Waals surface area contributed by atoms with Gasteiger partial charge in [-0.1, -0.05) is 224 Å². The van der Waals surface area contributed by atoms with E-state index >= 15 is 0 Å². The molecule has 15 nitrogen and oxygen atoms in total. The van der Waals surface area contributed by atoms with Crippen molar-refractivity contribution in [3.63, 3.8) is 0 Å². The van der Waals surface area contributed by atoms with Crippen molar-refractivity contribution in [1.29, 1.82) is 0 Å². The number of nitrogens with one attached hydrogen (secondary N) is 6. The molecule has 6 N–H and O–H groups in total. The number of halogens is 4. The van der Waals surface area contributed by atoms with E-state index in [1.54, 1.807) is 24.3 Å². The Kier molecular flexibility index (Phi) is 38.0. The lowest BCUT2D eigenvalue weighted by Crippen LogP contribution is -2.36. The van der Waals surface area contributed by atoms with Gasteiger partial charge in [-0.25, -0.2) is 8.78 Å². The Morgan fingerprint density at radius 1 is 0.336 bits per heavy atom. The van der Waals surface area contributed by atoms with E-state index in [4.69, 9.17) is 23.2 Å². The van der Waals surface area contributed by atoms with Crippen LogP contribution in [0, 0.1) is 43.2 Å². The second kappa shape index (κ2) is 47.8. The minimum absolute atomic E-state index is 0. The molecule has 6 amide bonds. The first-order chi connectivity index (χ1) is 56.4. The van der Waals surface area contributed by atoms with Crippen molar-refractivity contribution in [2.75, 3.05) is 94.5 Å². The second-order valence-electron chi connectivity index (χ2n) is 32.4. The lowest BCUT2D eigenvalue weighted by Gasteiger charge is -2.32. The summed E-state index contributed by atoms with van der Waals surface area (Å²) in [6, 6.07) is 67.9. The number of hydrogen-bond acceptors (Lipinski definition) is 9. The maximum absolute atomic E-state index is 13.5. The molecular formula is C100H125Cl2F2N9O6. The van der Waals surface area contributed by atoms with Gasteiger partial charge in [-0.05, 0) is 283 Å². The summed E-state index contributed by atoms with van der Waals surface area (Å²) in [5.41, 5.74) is 14.0. The molecule has 3 heterocycles. The van der Waals surface area contributed by atoms with Crippen molar-refractivity contribution in [1.82, 2.24) is 30.7 Å². The Labute approximate surface area is 716 Å². The van der Waals surface area contributed by atoms with Gasteiger partial charge in [-0.2, -0.15) is 0 Å². The minimum Gasteiger partial charge on any atom is -0.355 e. The molecule has 0 spiro atoms. The van der Waals surface area contributed by atoms with E-state index in [2.05, 4.69) is 145 Å². The Morgan fingerprint density at radius 2 is 0.563 bits per heavy atom. The third kappa shape index (κ3) is 29.5. The lowest BCUT2D eigenvalue weighted by atomic mass is 9.89. The number of aryl methyl sites for hydroxylation is 2. The number of rotatable bonds is 30. The summed E-state index contributed by atoms with van der Waals surface area (Å²) < 4.78 is 26.9. The topological polar surface area (TPSA) is 184 Å². The quantitative estimate of drug-likeness (QED) is 0.0239. The van der Waals surface area contributed by atoms with Gasteiger partial charge in [-0.3, -0.25) is 28.8 Å². The van der Waals surface area contributed by atoms with Gasteiger partial charge in [0.05, 0.1) is 17.8 Å². The summed E-state index contributed by atoms with van der Waals surface area (Å²) in [5.74, 6) is -0.777. The van der Waals surface area contributed by atoms with Gasteiger partial charge in [0, 0.05) is 64.5 Å². The van der Waals surface area contributed by atoms with E-state index in [9.17, 15) is 37.5 Å². The molecule has 0 unspecified atom stereocenters. The smallest absolute Gasteiger partial charge is 0.232 e. The van der Waals surface area contributed by atoms with E-state index in [1.807, 2.05) is 126 Å². The van der Waals surface area contributed by atoms with Crippen LogP contribution in [-0.2, 0) is 28.8 Å². The fourth-order valence-corrected chi connectivity index (χ4v) is 15.7. The monoisotopic (exact) mass is 1660 g/mol. The average molecular weight is 1660 g/mol. The Bertz CT molecular complexity index is 4040. The molecule has 0 saturated carbocycles. The summed E-state index contributed by atoms with van der Waals surface area (Å²) in [7, 11) is 0. The molecule has 0 radical (unpaired) electrons. The van der Waals surface area contributed by atoms with E-state index in [0.717, 1.165) is 156 Å². The first-order valence-electron chi connectivity index (χ1n) is 41.8. The molecule has 0 atom stereocenters. The van der Waals surface area contributed by atoms with E-state index < -0.39 is 11.8 Å². The second-order valence-corrected chi connectivity index (χ2v) is 33.3. The predicted molar refractivity (Wildman–Crippen MR) is 485 cm³/mol. The molecule has 9 aromatic carbocycles. The third-order valence-corrected chi connectivity index (χ3v) is 23.0. The summed E-state index contributed by atoms with van der Waals surface area (Å²) in [5, 5.41) is 19.7.